The number of rotatable bonds is 7. The third-order valence-electron chi connectivity index (χ3n) is 5.89. The Labute approximate surface area is 131 Å². The van der Waals surface area contributed by atoms with Crippen LogP contribution in [0.5, 0.6) is 0 Å². The van der Waals surface area contributed by atoms with Crippen LogP contribution in [0.1, 0.15) is 91.4 Å². The number of esters is 1. The van der Waals surface area contributed by atoms with Gasteiger partial charge in [-0.3, -0.25) is 4.79 Å². The van der Waals surface area contributed by atoms with Crippen molar-refractivity contribution >= 4 is 5.97 Å². The van der Waals surface area contributed by atoms with Crippen LogP contribution < -0.4 is 0 Å². The Balaban J connectivity index is 1.75. The average Bonchev–Trinajstić information content (AvgIpc) is 2.42. The SMILES string of the molecule is CCCCCCCCC1(C)CCC2C(C)CC(=O)OC2C1. The number of hydrogen-bond donors (Lipinski definition) is 0. The summed E-state index contributed by atoms with van der Waals surface area (Å²) in [5.74, 6) is 1.18. The van der Waals surface area contributed by atoms with Crippen LogP contribution in [0.15, 0.2) is 0 Å². The molecule has 2 rings (SSSR count). The van der Waals surface area contributed by atoms with Crippen LogP contribution in [0.25, 0.3) is 0 Å². The Morgan fingerprint density at radius 1 is 1.19 bits per heavy atom. The minimum Gasteiger partial charge on any atom is -0.462 e. The fourth-order valence-electron chi connectivity index (χ4n) is 4.41. The standard InChI is InChI=1S/C19H34O2/c1-4-5-6-7-8-9-11-19(3)12-10-16-15(2)13-18(20)21-17(16)14-19/h15-17H,4-14H2,1-3H3. The largest absolute Gasteiger partial charge is 0.462 e. The molecule has 122 valence electrons. The Hall–Kier alpha value is -0.530. The van der Waals surface area contributed by atoms with Crippen LogP contribution >= 0.6 is 0 Å². The van der Waals surface area contributed by atoms with Crippen molar-refractivity contribution in [1.82, 2.24) is 0 Å². The van der Waals surface area contributed by atoms with E-state index < -0.39 is 0 Å². The van der Waals surface area contributed by atoms with Crippen LogP contribution in [0.3, 0.4) is 0 Å². The fraction of sp³-hybridized carbons (Fsp3) is 0.947. The lowest BCUT2D eigenvalue weighted by atomic mass is 9.64. The highest BCUT2D eigenvalue weighted by atomic mass is 16.5. The second kappa shape index (κ2) is 7.65. The molecule has 1 aliphatic heterocycles. The van der Waals surface area contributed by atoms with Crippen molar-refractivity contribution in [2.24, 2.45) is 17.3 Å². The van der Waals surface area contributed by atoms with Gasteiger partial charge in [0.05, 0.1) is 0 Å². The van der Waals surface area contributed by atoms with Crippen LogP contribution in [-0.4, -0.2) is 12.1 Å². The quantitative estimate of drug-likeness (QED) is 0.458. The number of ether oxygens (including phenoxy) is 1. The summed E-state index contributed by atoms with van der Waals surface area (Å²) in [4.78, 5) is 11.7. The van der Waals surface area contributed by atoms with Gasteiger partial charge in [-0.05, 0) is 42.9 Å². The zero-order chi connectivity index (χ0) is 15.3. The minimum atomic E-state index is 0.0348. The molecule has 4 atom stereocenters. The molecule has 1 saturated carbocycles. The summed E-state index contributed by atoms with van der Waals surface area (Å²) in [5.41, 5.74) is 0.406. The van der Waals surface area contributed by atoms with Gasteiger partial charge < -0.3 is 4.74 Å². The first-order valence-electron chi connectivity index (χ1n) is 9.23. The first-order chi connectivity index (χ1) is 10.0. The number of carbonyl (C=O) groups excluding carboxylic acids is 1. The summed E-state index contributed by atoms with van der Waals surface area (Å²) < 4.78 is 5.68. The Kier molecular flexibility index (Phi) is 6.13. The lowest BCUT2D eigenvalue weighted by Crippen LogP contribution is -2.45. The molecule has 0 radical (unpaired) electrons. The lowest BCUT2D eigenvalue weighted by molar-refractivity contribution is -0.170. The summed E-state index contributed by atoms with van der Waals surface area (Å²) in [6.45, 7) is 6.92. The minimum absolute atomic E-state index is 0.0348. The predicted octanol–water partition coefficient (Wildman–Crippen LogP) is 5.50. The van der Waals surface area contributed by atoms with Crippen molar-refractivity contribution in [2.45, 2.75) is 97.5 Å². The van der Waals surface area contributed by atoms with E-state index >= 15 is 0 Å². The lowest BCUT2D eigenvalue weighted by Gasteiger charge is -2.46. The van der Waals surface area contributed by atoms with E-state index in [2.05, 4.69) is 20.8 Å². The number of unbranched alkanes of at least 4 members (excludes halogenated alkanes) is 5. The van der Waals surface area contributed by atoms with E-state index in [4.69, 9.17) is 4.74 Å². The highest BCUT2D eigenvalue weighted by molar-refractivity contribution is 5.70. The van der Waals surface area contributed by atoms with Crippen molar-refractivity contribution in [1.29, 1.82) is 0 Å². The maximum atomic E-state index is 11.7. The van der Waals surface area contributed by atoms with Gasteiger partial charge in [-0.25, -0.2) is 0 Å². The maximum Gasteiger partial charge on any atom is 0.306 e. The van der Waals surface area contributed by atoms with Gasteiger partial charge >= 0.3 is 5.97 Å². The Morgan fingerprint density at radius 3 is 2.67 bits per heavy atom. The van der Waals surface area contributed by atoms with E-state index in [1.165, 1.54) is 57.8 Å². The van der Waals surface area contributed by atoms with E-state index in [1.807, 2.05) is 0 Å². The molecule has 0 bridgehead atoms. The topological polar surface area (TPSA) is 26.3 Å². The molecule has 0 aromatic rings. The van der Waals surface area contributed by atoms with Crippen LogP contribution in [0.4, 0.5) is 0 Å². The molecule has 2 heteroatoms. The van der Waals surface area contributed by atoms with Crippen molar-refractivity contribution in [3.63, 3.8) is 0 Å². The van der Waals surface area contributed by atoms with Crippen molar-refractivity contribution < 1.29 is 9.53 Å². The third-order valence-corrected chi connectivity index (χ3v) is 5.89. The zero-order valence-corrected chi connectivity index (χ0v) is 14.3. The van der Waals surface area contributed by atoms with Gasteiger partial charge in [0.15, 0.2) is 0 Å². The molecule has 0 N–H and O–H groups in total. The second-order valence-electron chi connectivity index (χ2n) is 7.94. The summed E-state index contributed by atoms with van der Waals surface area (Å²) in [6, 6.07) is 0. The molecule has 4 unspecified atom stereocenters. The molecule has 0 amide bonds. The highest BCUT2D eigenvalue weighted by Crippen LogP contribution is 2.47. The van der Waals surface area contributed by atoms with E-state index in [9.17, 15) is 4.79 Å². The molecule has 2 fully saturated rings. The summed E-state index contributed by atoms with van der Waals surface area (Å²) in [7, 11) is 0. The molecule has 0 aromatic heterocycles. The van der Waals surface area contributed by atoms with Gasteiger partial charge in [-0.1, -0.05) is 59.3 Å². The molecular weight excluding hydrogens is 260 g/mol. The smallest absolute Gasteiger partial charge is 0.306 e. The summed E-state index contributed by atoms with van der Waals surface area (Å²) in [5, 5.41) is 0. The molecule has 1 saturated heterocycles. The Morgan fingerprint density at radius 2 is 1.90 bits per heavy atom. The van der Waals surface area contributed by atoms with Crippen LogP contribution in [0.2, 0.25) is 0 Å². The molecule has 1 aliphatic carbocycles. The third kappa shape index (κ3) is 4.72. The molecule has 1 heterocycles. The normalized spacial score (nSPS) is 36.1. The highest BCUT2D eigenvalue weighted by Gasteiger charge is 2.44. The first kappa shape index (κ1) is 16.8. The zero-order valence-electron chi connectivity index (χ0n) is 14.3. The molecule has 0 spiro atoms. The first-order valence-corrected chi connectivity index (χ1v) is 9.23. The Bertz CT molecular complexity index is 338. The second-order valence-corrected chi connectivity index (χ2v) is 7.94. The molecule has 2 aliphatic rings. The van der Waals surface area contributed by atoms with Gasteiger partial charge in [0, 0.05) is 6.42 Å². The van der Waals surface area contributed by atoms with Crippen molar-refractivity contribution in [3.8, 4) is 0 Å². The van der Waals surface area contributed by atoms with E-state index in [1.54, 1.807) is 0 Å². The molecule has 2 nitrogen and oxygen atoms in total. The van der Waals surface area contributed by atoms with Gasteiger partial charge in [-0.15, -0.1) is 0 Å². The van der Waals surface area contributed by atoms with Gasteiger partial charge in [0.25, 0.3) is 0 Å². The average molecular weight is 294 g/mol. The van der Waals surface area contributed by atoms with E-state index in [-0.39, 0.29) is 12.1 Å². The van der Waals surface area contributed by atoms with E-state index in [0.29, 0.717) is 23.7 Å². The van der Waals surface area contributed by atoms with E-state index in [0.717, 1.165) is 6.42 Å². The van der Waals surface area contributed by atoms with Gasteiger partial charge in [0.1, 0.15) is 6.10 Å². The number of hydrogen-bond acceptors (Lipinski definition) is 2. The van der Waals surface area contributed by atoms with Gasteiger partial charge in [0.2, 0.25) is 0 Å². The van der Waals surface area contributed by atoms with Crippen LogP contribution in [-0.2, 0) is 9.53 Å². The fourth-order valence-corrected chi connectivity index (χ4v) is 4.41. The molecular formula is C19H34O2. The van der Waals surface area contributed by atoms with Crippen molar-refractivity contribution in [3.05, 3.63) is 0 Å². The number of carbonyl (C=O) groups is 1. The summed E-state index contributed by atoms with van der Waals surface area (Å²) >= 11 is 0. The number of fused-ring (bicyclic) bond motifs is 1. The van der Waals surface area contributed by atoms with Crippen molar-refractivity contribution in [2.75, 3.05) is 0 Å². The molecule has 21 heavy (non-hydrogen) atoms. The maximum absolute atomic E-state index is 11.7. The predicted molar refractivity (Wildman–Crippen MR) is 87.1 cm³/mol. The van der Waals surface area contributed by atoms with Crippen LogP contribution in [0, 0.1) is 17.3 Å². The molecule has 0 aromatic carbocycles. The summed E-state index contributed by atoms with van der Waals surface area (Å²) in [6.07, 6.45) is 14.1. The monoisotopic (exact) mass is 294 g/mol. The van der Waals surface area contributed by atoms with Gasteiger partial charge in [-0.2, -0.15) is 0 Å².